The molecular weight excluding hydrogens is 240 g/mol. The molecule has 1 amide bonds. The first kappa shape index (κ1) is 13.1. The van der Waals surface area contributed by atoms with Crippen LogP contribution in [0.1, 0.15) is 0 Å². The molecule has 2 N–H and O–H groups in total. The lowest BCUT2D eigenvalue weighted by Crippen LogP contribution is -2.36. The second-order valence-corrected chi connectivity index (χ2v) is 4.18. The molecule has 0 unspecified atom stereocenters. The van der Waals surface area contributed by atoms with E-state index in [0.29, 0.717) is 5.75 Å². The predicted molar refractivity (Wildman–Crippen MR) is 74.3 cm³/mol. The zero-order valence-corrected chi connectivity index (χ0v) is 10.7. The van der Waals surface area contributed by atoms with E-state index in [2.05, 4.69) is 0 Å². The van der Waals surface area contributed by atoms with E-state index < -0.39 is 0 Å². The lowest BCUT2D eigenvalue weighted by atomic mass is 10.1. The second kappa shape index (κ2) is 6.02. The molecule has 2 rings (SSSR count). The van der Waals surface area contributed by atoms with Crippen LogP contribution in [0, 0.1) is 0 Å². The number of carbonyl (C=O) groups is 1. The Hall–Kier alpha value is -2.33. The lowest BCUT2D eigenvalue weighted by molar-refractivity contribution is -0.132. The van der Waals surface area contributed by atoms with Gasteiger partial charge >= 0.3 is 0 Å². The fourth-order valence-corrected chi connectivity index (χ4v) is 1.62. The minimum Gasteiger partial charge on any atom is -0.484 e. The molecule has 0 saturated heterocycles. The Bertz CT molecular complexity index is 536. The van der Waals surface area contributed by atoms with Crippen molar-refractivity contribution < 1.29 is 9.53 Å². The number of amides is 1. The zero-order chi connectivity index (χ0) is 13.7. The molecule has 0 fully saturated rings. The number of benzene rings is 2. The van der Waals surface area contributed by atoms with Crippen molar-refractivity contribution >= 4 is 5.91 Å². The van der Waals surface area contributed by atoms with Gasteiger partial charge in [0.25, 0.3) is 5.91 Å². The molecule has 0 aliphatic rings. The molecule has 0 aliphatic heterocycles. The molecule has 4 heteroatoms. The smallest absolute Gasteiger partial charge is 0.274 e. The maximum atomic E-state index is 11.3. The van der Waals surface area contributed by atoms with Gasteiger partial charge in [-0.05, 0) is 23.3 Å². The van der Waals surface area contributed by atoms with Gasteiger partial charge in [0.2, 0.25) is 0 Å². The molecule has 0 aromatic heterocycles. The number of nitrogens with two attached hydrogens (primary N) is 1. The van der Waals surface area contributed by atoms with Crippen molar-refractivity contribution in [2.75, 3.05) is 13.7 Å². The zero-order valence-electron chi connectivity index (χ0n) is 10.7. The van der Waals surface area contributed by atoms with E-state index in [4.69, 9.17) is 10.6 Å². The maximum Gasteiger partial charge on any atom is 0.274 e. The minimum absolute atomic E-state index is 0.0579. The van der Waals surface area contributed by atoms with Crippen LogP contribution in [0.4, 0.5) is 0 Å². The van der Waals surface area contributed by atoms with Crippen LogP contribution in [0.5, 0.6) is 5.75 Å². The average molecular weight is 256 g/mol. The fourth-order valence-electron chi connectivity index (χ4n) is 1.62. The highest BCUT2D eigenvalue weighted by atomic mass is 16.5. The van der Waals surface area contributed by atoms with E-state index in [1.54, 1.807) is 0 Å². The van der Waals surface area contributed by atoms with Crippen molar-refractivity contribution in [1.29, 1.82) is 0 Å². The Kier molecular flexibility index (Phi) is 4.15. The summed E-state index contributed by atoms with van der Waals surface area (Å²) in [6, 6.07) is 17.7. The molecule has 0 heterocycles. The monoisotopic (exact) mass is 256 g/mol. The highest BCUT2D eigenvalue weighted by Crippen LogP contribution is 2.21. The van der Waals surface area contributed by atoms with Crippen LogP contribution in [0.2, 0.25) is 0 Å². The molecule has 0 saturated carbocycles. The Morgan fingerprint density at radius 2 is 1.63 bits per heavy atom. The lowest BCUT2D eigenvalue weighted by Gasteiger charge is -2.11. The molecule has 0 atom stereocenters. The number of likely N-dealkylation sites (N-methyl/N-ethyl adjacent to an activating group) is 1. The van der Waals surface area contributed by atoms with Crippen molar-refractivity contribution in [2.24, 2.45) is 5.84 Å². The second-order valence-electron chi connectivity index (χ2n) is 4.18. The van der Waals surface area contributed by atoms with Gasteiger partial charge in [-0.15, -0.1) is 0 Å². The molecule has 0 bridgehead atoms. The van der Waals surface area contributed by atoms with Gasteiger partial charge in [-0.25, -0.2) is 5.84 Å². The first-order chi connectivity index (χ1) is 9.16. The van der Waals surface area contributed by atoms with Crippen LogP contribution in [0.3, 0.4) is 0 Å². The summed E-state index contributed by atoms with van der Waals surface area (Å²) in [5.41, 5.74) is 2.25. The van der Waals surface area contributed by atoms with Crippen LogP contribution in [0.15, 0.2) is 54.6 Å². The topological polar surface area (TPSA) is 55.6 Å². The molecule has 98 valence electrons. The van der Waals surface area contributed by atoms with Crippen molar-refractivity contribution in [3.8, 4) is 16.9 Å². The number of carbonyl (C=O) groups excluding carboxylic acids is 1. The summed E-state index contributed by atoms with van der Waals surface area (Å²) in [5.74, 6) is 5.68. The van der Waals surface area contributed by atoms with Crippen molar-refractivity contribution in [2.45, 2.75) is 0 Å². The average Bonchev–Trinajstić information content (AvgIpc) is 2.46. The highest BCUT2D eigenvalue weighted by Gasteiger charge is 2.05. The van der Waals surface area contributed by atoms with Crippen molar-refractivity contribution in [1.82, 2.24) is 5.01 Å². The summed E-state index contributed by atoms with van der Waals surface area (Å²) in [6.45, 7) is -0.0579. The summed E-state index contributed by atoms with van der Waals surface area (Å²) in [7, 11) is 1.49. The quantitative estimate of drug-likeness (QED) is 0.517. The summed E-state index contributed by atoms with van der Waals surface area (Å²) in [4.78, 5) is 11.3. The summed E-state index contributed by atoms with van der Waals surface area (Å²) < 4.78 is 5.35. The molecular formula is C15H16N2O2. The minimum atomic E-state index is -0.271. The van der Waals surface area contributed by atoms with Gasteiger partial charge in [-0.3, -0.25) is 9.80 Å². The summed E-state index contributed by atoms with van der Waals surface area (Å²) in [6.07, 6.45) is 0. The molecule has 0 aliphatic carbocycles. The number of ether oxygens (including phenoxy) is 1. The largest absolute Gasteiger partial charge is 0.484 e. The first-order valence-corrected chi connectivity index (χ1v) is 5.96. The predicted octanol–water partition coefficient (Wildman–Crippen LogP) is 2.06. The van der Waals surface area contributed by atoms with Crippen LogP contribution in [-0.2, 0) is 4.79 Å². The third-order valence-electron chi connectivity index (χ3n) is 2.72. The van der Waals surface area contributed by atoms with E-state index in [1.165, 1.54) is 7.05 Å². The van der Waals surface area contributed by atoms with Gasteiger partial charge in [0.05, 0.1) is 0 Å². The Morgan fingerprint density at radius 3 is 2.21 bits per heavy atom. The van der Waals surface area contributed by atoms with Gasteiger partial charge in [0.1, 0.15) is 5.75 Å². The standard InChI is InChI=1S/C15H16N2O2/c1-17(16)15(18)11-19-14-9-7-13(8-10-14)12-5-3-2-4-6-12/h2-10H,11,16H2,1H3. The van der Waals surface area contributed by atoms with Crippen LogP contribution in [0.25, 0.3) is 11.1 Å². The van der Waals surface area contributed by atoms with E-state index in [0.717, 1.165) is 16.1 Å². The Balaban J connectivity index is 2.01. The normalized spacial score (nSPS) is 10.0. The van der Waals surface area contributed by atoms with Gasteiger partial charge < -0.3 is 4.74 Å². The van der Waals surface area contributed by atoms with E-state index in [1.807, 2.05) is 54.6 Å². The van der Waals surface area contributed by atoms with Crippen LogP contribution >= 0.6 is 0 Å². The molecule has 4 nitrogen and oxygen atoms in total. The van der Waals surface area contributed by atoms with E-state index in [-0.39, 0.29) is 12.5 Å². The van der Waals surface area contributed by atoms with Gasteiger partial charge in [-0.2, -0.15) is 0 Å². The fraction of sp³-hybridized carbons (Fsp3) is 0.133. The molecule has 2 aromatic rings. The highest BCUT2D eigenvalue weighted by molar-refractivity contribution is 5.76. The number of rotatable bonds is 4. The first-order valence-electron chi connectivity index (χ1n) is 5.96. The number of hydrogen-bond acceptors (Lipinski definition) is 3. The maximum absolute atomic E-state index is 11.3. The summed E-state index contributed by atoms with van der Waals surface area (Å²) in [5, 5.41) is 1.01. The third-order valence-corrected chi connectivity index (χ3v) is 2.72. The summed E-state index contributed by atoms with van der Waals surface area (Å²) >= 11 is 0. The molecule has 19 heavy (non-hydrogen) atoms. The van der Waals surface area contributed by atoms with Crippen molar-refractivity contribution in [3.05, 3.63) is 54.6 Å². The molecule has 0 spiro atoms. The number of hydrazine groups is 1. The van der Waals surface area contributed by atoms with Crippen LogP contribution in [-0.4, -0.2) is 24.6 Å². The SMILES string of the molecule is CN(N)C(=O)COc1ccc(-c2ccccc2)cc1. The van der Waals surface area contributed by atoms with Gasteiger partial charge in [0.15, 0.2) is 6.61 Å². The Morgan fingerprint density at radius 1 is 1.05 bits per heavy atom. The molecule has 0 radical (unpaired) electrons. The third kappa shape index (κ3) is 3.56. The molecule has 2 aromatic carbocycles. The Labute approximate surface area is 112 Å². The van der Waals surface area contributed by atoms with Crippen molar-refractivity contribution in [3.63, 3.8) is 0 Å². The van der Waals surface area contributed by atoms with E-state index >= 15 is 0 Å². The van der Waals surface area contributed by atoms with Crippen LogP contribution < -0.4 is 10.6 Å². The van der Waals surface area contributed by atoms with Gasteiger partial charge in [-0.1, -0.05) is 42.5 Å². The van der Waals surface area contributed by atoms with E-state index in [9.17, 15) is 4.79 Å². The van der Waals surface area contributed by atoms with Gasteiger partial charge in [0, 0.05) is 7.05 Å². The number of hydrogen-bond donors (Lipinski definition) is 1. The number of nitrogens with zero attached hydrogens (tertiary/aromatic N) is 1.